The molecule has 0 radical (unpaired) electrons. The smallest absolute Gasteiger partial charge is 0.320 e. The maximum Gasteiger partial charge on any atom is 0.320 e. The fraction of sp³-hybridized carbons (Fsp3) is 0.375. The normalized spacial score (nSPS) is 11.9. The molecule has 2 N–H and O–H groups in total. The standard InChI is InChI=1S/C8H10IN3O3/c1-15-8(14)5(9)4-10-7(13)6-2-3-11-12-6/h2-3,5H,4H2,1H3,(H,10,13)(H,11,12). The maximum absolute atomic E-state index is 11.4. The number of aromatic amines is 1. The number of nitrogens with zero attached hydrogens (tertiary/aromatic N) is 1. The molecule has 1 unspecified atom stereocenters. The number of carbonyl (C=O) groups excluding carboxylic acids is 2. The van der Waals surface area contributed by atoms with Crippen LogP contribution in [0.5, 0.6) is 0 Å². The first-order chi connectivity index (χ1) is 7.15. The summed E-state index contributed by atoms with van der Waals surface area (Å²) < 4.78 is 4.13. The number of nitrogens with one attached hydrogen (secondary N) is 2. The van der Waals surface area contributed by atoms with Gasteiger partial charge in [-0.1, -0.05) is 22.6 Å². The highest BCUT2D eigenvalue weighted by Gasteiger charge is 2.16. The van der Waals surface area contributed by atoms with E-state index in [4.69, 9.17) is 0 Å². The van der Waals surface area contributed by atoms with E-state index in [-0.39, 0.29) is 22.3 Å². The highest BCUT2D eigenvalue weighted by atomic mass is 127. The van der Waals surface area contributed by atoms with Crippen molar-refractivity contribution in [1.82, 2.24) is 15.5 Å². The lowest BCUT2D eigenvalue weighted by molar-refractivity contribution is -0.139. The average molecular weight is 323 g/mol. The Morgan fingerprint density at radius 2 is 2.47 bits per heavy atom. The van der Waals surface area contributed by atoms with E-state index in [2.05, 4.69) is 20.3 Å². The molecular formula is C8H10IN3O3. The zero-order valence-electron chi connectivity index (χ0n) is 7.99. The van der Waals surface area contributed by atoms with E-state index in [1.54, 1.807) is 6.07 Å². The summed E-state index contributed by atoms with van der Waals surface area (Å²) in [5, 5.41) is 8.75. The van der Waals surface area contributed by atoms with Crippen LogP contribution >= 0.6 is 22.6 Å². The summed E-state index contributed by atoms with van der Waals surface area (Å²) in [6, 6.07) is 1.55. The summed E-state index contributed by atoms with van der Waals surface area (Å²) >= 11 is 1.90. The lowest BCUT2D eigenvalue weighted by Crippen LogP contribution is -2.34. The number of H-pyrrole nitrogens is 1. The number of rotatable bonds is 4. The number of alkyl halides is 1. The number of esters is 1. The molecular weight excluding hydrogens is 313 g/mol. The summed E-state index contributed by atoms with van der Waals surface area (Å²) in [4.78, 5) is 22.4. The zero-order valence-corrected chi connectivity index (χ0v) is 10.1. The maximum atomic E-state index is 11.4. The minimum Gasteiger partial charge on any atom is -0.468 e. The zero-order chi connectivity index (χ0) is 11.3. The number of amides is 1. The van der Waals surface area contributed by atoms with Gasteiger partial charge >= 0.3 is 5.97 Å². The molecule has 1 aromatic heterocycles. The first kappa shape index (κ1) is 12.0. The van der Waals surface area contributed by atoms with Crippen molar-refractivity contribution < 1.29 is 14.3 Å². The van der Waals surface area contributed by atoms with Crippen LogP contribution in [0, 0.1) is 0 Å². The van der Waals surface area contributed by atoms with Gasteiger partial charge in [-0.3, -0.25) is 14.7 Å². The second-order valence-corrected chi connectivity index (χ2v) is 4.17. The van der Waals surface area contributed by atoms with E-state index in [0.29, 0.717) is 5.69 Å². The molecule has 0 bridgehead atoms. The lowest BCUT2D eigenvalue weighted by Gasteiger charge is -2.08. The van der Waals surface area contributed by atoms with E-state index in [1.807, 2.05) is 22.6 Å². The van der Waals surface area contributed by atoms with Crippen LogP contribution in [-0.4, -0.2) is 39.7 Å². The lowest BCUT2D eigenvalue weighted by atomic mass is 10.4. The monoisotopic (exact) mass is 323 g/mol. The summed E-state index contributed by atoms with van der Waals surface area (Å²) in [5.74, 6) is -0.654. The van der Waals surface area contributed by atoms with Gasteiger partial charge in [-0.25, -0.2) is 0 Å². The van der Waals surface area contributed by atoms with Crippen molar-refractivity contribution in [3.05, 3.63) is 18.0 Å². The highest BCUT2D eigenvalue weighted by molar-refractivity contribution is 14.1. The van der Waals surface area contributed by atoms with Crippen molar-refractivity contribution >= 4 is 34.5 Å². The molecule has 15 heavy (non-hydrogen) atoms. The number of carbonyl (C=O) groups is 2. The average Bonchev–Trinajstić information content (AvgIpc) is 2.77. The number of methoxy groups -OCH3 is 1. The SMILES string of the molecule is COC(=O)C(I)CNC(=O)c1ccn[nH]1. The molecule has 82 valence electrons. The van der Waals surface area contributed by atoms with Crippen LogP contribution in [0.4, 0.5) is 0 Å². The van der Waals surface area contributed by atoms with Crippen LogP contribution in [-0.2, 0) is 9.53 Å². The Hall–Kier alpha value is -1.12. The fourth-order valence-corrected chi connectivity index (χ4v) is 1.35. The van der Waals surface area contributed by atoms with E-state index in [0.717, 1.165) is 0 Å². The van der Waals surface area contributed by atoms with Crippen molar-refractivity contribution in [1.29, 1.82) is 0 Å². The fourth-order valence-electron chi connectivity index (χ4n) is 0.871. The van der Waals surface area contributed by atoms with Gasteiger partial charge in [0.05, 0.1) is 7.11 Å². The molecule has 7 heteroatoms. The van der Waals surface area contributed by atoms with Gasteiger partial charge in [0.15, 0.2) is 0 Å². The number of hydrogen-bond donors (Lipinski definition) is 2. The Bertz CT molecular complexity index is 339. The second-order valence-electron chi connectivity index (χ2n) is 2.67. The Kier molecular flexibility index (Phi) is 4.53. The molecule has 1 atom stereocenters. The third-order valence-corrected chi connectivity index (χ3v) is 2.59. The predicted octanol–water partition coefficient (Wildman–Crippen LogP) is 0.116. The number of hydrogen-bond acceptors (Lipinski definition) is 4. The van der Waals surface area contributed by atoms with Crippen molar-refractivity contribution in [2.45, 2.75) is 3.92 Å². The third kappa shape index (κ3) is 3.50. The molecule has 0 saturated heterocycles. The number of halogens is 1. The van der Waals surface area contributed by atoms with Crippen LogP contribution in [0.3, 0.4) is 0 Å². The molecule has 6 nitrogen and oxygen atoms in total. The Balaban J connectivity index is 2.38. The van der Waals surface area contributed by atoms with E-state index >= 15 is 0 Å². The van der Waals surface area contributed by atoms with Crippen LogP contribution in [0.25, 0.3) is 0 Å². The minimum atomic E-state index is -0.389. The quantitative estimate of drug-likeness (QED) is 0.468. The van der Waals surface area contributed by atoms with Gasteiger partial charge in [-0.05, 0) is 6.07 Å². The summed E-state index contributed by atoms with van der Waals surface area (Å²) in [6.45, 7) is 0.227. The molecule has 1 amide bonds. The Morgan fingerprint density at radius 3 is 3.00 bits per heavy atom. The van der Waals surface area contributed by atoms with Gasteiger partial charge in [0.1, 0.15) is 9.62 Å². The molecule has 0 aliphatic heterocycles. The van der Waals surface area contributed by atoms with E-state index in [1.165, 1.54) is 13.3 Å². The van der Waals surface area contributed by atoms with Crippen molar-refractivity contribution in [2.24, 2.45) is 0 Å². The summed E-state index contributed by atoms with van der Waals surface area (Å²) in [5.41, 5.74) is 0.364. The molecule has 0 aromatic carbocycles. The summed E-state index contributed by atoms with van der Waals surface area (Å²) in [6.07, 6.45) is 1.48. The van der Waals surface area contributed by atoms with Gasteiger partial charge in [-0.2, -0.15) is 5.10 Å². The van der Waals surface area contributed by atoms with Crippen molar-refractivity contribution in [2.75, 3.05) is 13.7 Å². The molecule has 0 spiro atoms. The minimum absolute atomic E-state index is 0.227. The Labute approximate surface area is 99.9 Å². The summed E-state index contributed by atoms with van der Waals surface area (Å²) in [7, 11) is 1.31. The van der Waals surface area contributed by atoms with Gasteiger partial charge in [-0.15, -0.1) is 0 Å². The molecule has 1 rings (SSSR count). The van der Waals surface area contributed by atoms with E-state index in [9.17, 15) is 9.59 Å². The number of ether oxygens (including phenoxy) is 1. The van der Waals surface area contributed by atoms with Crippen LogP contribution in [0.15, 0.2) is 12.3 Å². The van der Waals surface area contributed by atoms with Crippen molar-refractivity contribution in [3.63, 3.8) is 0 Å². The first-order valence-electron chi connectivity index (χ1n) is 4.14. The second kappa shape index (κ2) is 5.69. The van der Waals surface area contributed by atoms with Gasteiger partial charge < -0.3 is 10.1 Å². The topological polar surface area (TPSA) is 84.1 Å². The molecule has 1 aromatic rings. The van der Waals surface area contributed by atoms with Crippen LogP contribution in [0.2, 0.25) is 0 Å². The molecule has 0 fully saturated rings. The Morgan fingerprint density at radius 1 is 1.73 bits per heavy atom. The predicted molar refractivity (Wildman–Crippen MR) is 60.7 cm³/mol. The van der Waals surface area contributed by atoms with Gasteiger partial charge in [0.2, 0.25) is 0 Å². The molecule has 0 aliphatic carbocycles. The highest BCUT2D eigenvalue weighted by Crippen LogP contribution is 2.01. The van der Waals surface area contributed by atoms with Gasteiger partial charge in [0.25, 0.3) is 5.91 Å². The van der Waals surface area contributed by atoms with E-state index < -0.39 is 0 Å². The van der Waals surface area contributed by atoms with Gasteiger partial charge in [0, 0.05) is 12.7 Å². The first-order valence-corrected chi connectivity index (χ1v) is 5.39. The van der Waals surface area contributed by atoms with Crippen molar-refractivity contribution in [3.8, 4) is 0 Å². The third-order valence-electron chi connectivity index (χ3n) is 1.64. The largest absolute Gasteiger partial charge is 0.468 e. The van der Waals surface area contributed by atoms with Crippen LogP contribution in [0.1, 0.15) is 10.5 Å². The molecule has 1 heterocycles. The number of aromatic nitrogens is 2. The molecule has 0 saturated carbocycles. The molecule has 0 aliphatic rings. The van der Waals surface area contributed by atoms with Crippen LogP contribution < -0.4 is 5.32 Å².